The minimum absolute atomic E-state index is 0.479. The van der Waals surface area contributed by atoms with Crippen LogP contribution in [0.5, 0.6) is 0 Å². The SMILES string of the molecule is CC(C)(C)OC(=O)Nc1sc(Cl)cc1-c1ccccc1. The Morgan fingerprint density at radius 1 is 1.25 bits per heavy atom. The topological polar surface area (TPSA) is 38.3 Å². The number of nitrogens with one attached hydrogen (secondary N) is 1. The van der Waals surface area contributed by atoms with Gasteiger partial charge in [0.25, 0.3) is 0 Å². The third kappa shape index (κ3) is 3.99. The molecule has 1 heterocycles. The number of carbonyl (C=O) groups is 1. The maximum absolute atomic E-state index is 11.9. The molecule has 0 fully saturated rings. The van der Waals surface area contributed by atoms with Gasteiger partial charge in [0.15, 0.2) is 0 Å². The summed E-state index contributed by atoms with van der Waals surface area (Å²) in [6, 6.07) is 11.6. The maximum atomic E-state index is 11.9. The van der Waals surface area contributed by atoms with Crippen LogP contribution < -0.4 is 5.32 Å². The van der Waals surface area contributed by atoms with E-state index in [1.165, 1.54) is 11.3 Å². The zero-order valence-corrected chi connectivity index (χ0v) is 13.1. The molecule has 0 aliphatic heterocycles. The first-order chi connectivity index (χ1) is 9.35. The molecule has 20 heavy (non-hydrogen) atoms. The normalized spacial score (nSPS) is 11.2. The van der Waals surface area contributed by atoms with E-state index in [0.29, 0.717) is 9.34 Å². The molecule has 0 unspecified atom stereocenters. The molecule has 106 valence electrons. The Hall–Kier alpha value is -1.52. The molecule has 0 atom stereocenters. The molecule has 2 aromatic rings. The standard InChI is InChI=1S/C15H16ClNO2S/c1-15(2,3)19-14(18)17-13-11(9-12(16)20-13)10-7-5-4-6-8-10/h4-9H,1-3H3,(H,17,18). The van der Waals surface area contributed by atoms with Crippen molar-refractivity contribution in [2.45, 2.75) is 26.4 Å². The summed E-state index contributed by atoms with van der Waals surface area (Å²) in [5, 5.41) is 3.45. The van der Waals surface area contributed by atoms with Gasteiger partial charge in [-0.1, -0.05) is 41.9 Å². The third-order valence-corrected chi connectivity index (χ3v) is 3.58. The van der Waals surface area contributed by atoms with Crippen molar-refractivity contribution in [1.29, 1.82) is 0 Å². The number of amides is 1. The molecule has 0 saturated heterocycles. The summed E-state index contributed by atoms with van der Waals surface area (Å²) in [4.78, 5) is 11.9. The minimum Gasteiger partial charge on any atom is -0.444 e. The van der Waals surface area contributed by atoms with Crippen molar-refractivity contribution in [3.8, 4) is 11.1 Å². The average molecular weight is 310 g/mol. The van der Waals surface area contributed by atoms with Crippen molar-refractivity contribution in [2.24, 2.45) is 0 Å². The molecule has 3 nitrogen and oxygen atoms in total. The van der Waals surface area contributed by atoms with E-state index in [9.17, 15) is 4.79 Å². The number of hydrogen-bond acceptors (Lipinski definition) is 3. The van der Waals surface area contributed by atoms with Crippen LogP contribution in [0.25, 0.3) is 11.1 Å². The predicted molar refractivity (Wildman–Crippen MR) is 84.6 cm³/mol. The van der Waals surface area contributed by atoms with Gasteiger partial charge in [-0.05, 0) is 32.4 Å². The molecule has 5 heteroatoms. The number of hydrogen-bond donors (Lipinski definition) is 1. The highest BCUT2D eigenvalue weighted by molar-refractivity contribution is 7.20. The first kappa shape index (κ1) is 14.9. The lowest BCUT2D eigenvalue weighted by Crippen LogP contribution is -2.27. The van der Waals surface area contributed by atoms with Gasteiger partial charge in [0.2, 0.25) is 0 Å². The van der Waals surface area contributed by atoms with Gasteiger partial charge in [0.1, 0.15) is 10.6 Å². The first-order valence-electron chi connectivity index (χ1n) is 6.20. The van der Waals surface area contributed by atoms with E-state index >= 15 is 0 Å². The number of halogens is 1. The van der Waals surface area contributed by atoms with Crippen molar-refractivity contribution in [3.63, 3.8) is 0 Å². The number of ether oxygens (including phenoxy) is 1. The highest BCUT2D eigenvalue weighted by Gasteiger charge is 2.19. The molecule has 0 saturated carbocycles. The fourth-order valence-corrected chi connectivity index (χ4v) is 2.82. The van der Waals surface area contributed by atoms with Gasteiger partial charge in [-0.3, -0.25) is 5.32 Å². The molecule has 0 spiro atoms. The van der Waals surface area contributed by atoms with Crippen LogP contribution in [-0.2, 0) is 4.74 Å². The summed E-state index contributed by atoms with van der Waals surface area (Å²) < 4.78 is 5.88. The Morgan fingerprint density at radius 2 is 1.90 bits per heavy atom. The summed E-state index contributed by atoms with van der Waals surface area (Å²) in [5.41, 5.74) is 1.37. The Kier molecular flexibility index (Phi) is 4.35. The molecular formula is C15H16ClNO2S. The Morgan fingerprint density at radius 3 is 2.50 bits per heavy atom. The van der Waals surface area contributed by atoms with E-state index in [1.54, 1.807) is 0 Å². The largest absolute Gasteiger partial charge is 0.444 e. The van der Waals surface area contributed by atoms with E-state index in [4.69, 9.17) is 16.3 Å². The monoisotopic (exact) mass is 309 g/mol. The summed E-state index contributed by atoms with van der Waals surface area (Å²) >= 11 is 7.38. The Labute approximate surface area is 127 Å². The molecule has 0 aliphatic carbocycles. The van der Waals surface area contributed by atoms with E-state index in [2.05, 4.69) is 5.32 Å². The highest BCUT2D eigenvalue weighted by atomic mass is 35.5. The summed E-state index contributed by atoms with van der Waals surface area (Å²) in [5.74, 6) is 0. The highest BCUT2D eigenvalue weighted by Crippen LogP contribution is 2.38. The molecular weight excluding hydrogens is 294 g/mol. The van der Waals surface area contributed by atoms with E-state index in [1.807, 2.05) is 57.2 Å². The second kappa shape index (κ2) is 5.85. The van der Waals surface area contributed by atoms with Gasteiger partial charge < -0.3 is 4.74 Å². The molecule has 0 radical (unpaired) electrons. The number of thiophene rings is 1. The molecule has 1 N–H and O–H groups in total. The summed E-state index contributed by atoms with van der Waals surface area (Å²) in [7, 11) is 0. The number of anilines is 1. The fraction of sp³-hybridized carbons (Fsp3) is 0.267. The third-order valence-electron chi connectivity index (χ3n) is 2.40. The van der Waals surface area contributed by atoms with Crippen LogP contribution in [-0.4, -0.2) is 11.7 Å². The lowest BCUT2D eigenvalue weighted by Gasteiger charge is -2.19. The fourth-order valence-electron chi connectivity index (χ4n) is 1.68. The second-order valence-corrected chi connectivity index (χ2v) is 6.97. The van der Waals surface area contributed by atoms with Crippen molar-refractivity contribution in [3.05, 3.63) is 40.7 Å². The van der Waals surface area contributed by atoms with Gasteiger partial charge in [-0.15, -0.1) is 11.3 Å². The maximum Gasteiger partial charge on any atom is 0.412 e. The Balaban J connectivity index is 2.23. The van der Waals surface area contributed by atoms with E-state index in [0.717, 1.165) is 11.1 Å². The van der Waals surface area contributed by atoms with Crippen LogP contribution in [0, 0.1) is 0 Å². The van der Waals surface area contributed by atoms with Crippen molar-refractivity contribution < 1.29 is 9.53 Å². The lowest BCUT2D eigenvalue weighted by atomic mass is 10.1. The predicted octanol–water partition coefficient (Wildman–Crippen LogP) is 5.42. The molecule has 2 rings (SSSR count). The molecule has 0 aliphatic rings. The quantitative estimate of drug-likeness (QED) is 0.805. The lowest BCUT2D eigenvalue weighted by molar-refractivity contribution is 0.0636. The van der Waals surface area contributed by atoms with Crippen LogP contribution >= 0.6 is 22.9 Å². The van der Waals surface area contributed by atoms with Crippen molar-refractivity contribution >= 4 is 34.0 Å². The van der Waals surface area contributed by atoms with Crippen LogP contribution in [0.15, 0.2) is 36.4 Å². The van der Waals surface area contributed by atoms with Crippen LogP contribution in [0.3, 0.4) is 0 Å². The van der Waals surface area contributed by atoms with Crippen LogP contribution in [0.1, 0.15) is 20.8 Å². The van der Waals surface area contributed by atoms with Crippen molar-refractivity contribution in [1.82, 2.24) is 0 Å². The zero-order chi connectivity index (χ0) is 14.8. The smallest absolute Gasteiger partial charge is 0.412 e. The van der Waals surface area contributed by atoms with Gasteiger partial charge in [-0.2, -0.15) is 0 Å². The summed E-state index contributed by atoms with van der Waals surface area (Å²) in [6.07, 6.45) is -0.479. The van der Waals surface area contributed by atoms with Gasteiger partial charge in [0.05, 0.1) is 4.34 Å². The zero-order valence-electron chi connectivity index (χ0n) is 11.6. The number of benzene rings is 1. The molecule has 1 aromatic carbocycles. The second-order valence-electron chi connectivity index (χ2n) is 5.29. The molecule has 1 aromatic heterocycles. The Bertz CT molecular complexity index is 602. The van der Waals surface area contributed by atoms with Gasteiger partial charge in [0, 0.05) is 5.56 Å². The number of rotatable bonds is 2. The van der Waals surface area contributed by atoms with E-state index < -0.39 is 11.7 Å². The number of carbonyl (C=O) groups excluding carboxylic acids is 1. The van der Waals surface area contributed by atoms with Crippen LogP contribution in [0.4, 0.5) is 9.80 Å². The average Bonchev–Trinajstić information content (AvgIpc) is 2.68. The summed E-state index contributed by atoms with van der Waals surface area (Å²) in [6.45, 7) is 5.48. The van der Waals surface area contributed by atoms with Crippen molar-refractivity contribution in [2.75, 3.05) is 5.32 Å². The first-order valence-corrected chi connectivity index (χ1v) is 7.39. The minimum atomic E-state index is -0.530. The van der Waals surface area contributed by atoms with Crippen LogP contribution in [0.2, 0.25) is 4.34 Å². The van der Waals surface area contributed by atoms with E-state index in [-0.39, 0.29) is 0 Å². The molecule has 1 amide bonds. The van der Waals surface area contributed by atoms with Gasteiger partial charge in [-0.25, -0.2) is 4.79 Å². The van der Waals surface area contributed by atoms with Gasteiger partial charge >= 0.3 is 6.09 Å². The molecule has 0 bridgehead atoms.